The second-order valence-corrected chi connectivity index (χ2v) is 9.35. The van der Waals surface area contributed by atoms with Crippen molar-refractivity contribution in [2.24, 2.45) is 0 Å². The van der Waals surface area contributed by atoms with Gasteiger partial charge in [-0.1, -0.05) is 29.3 Å². The van der Waals surface area contributed by atoms with Gasteiger partial charge in [-0.3, -0.25) is 0 Å². The summed E-state index contributed by atoms with van der Waals surface area (Å²) >= 11 is 11.9. The Labute approximate surface area is 205 Å². The van der Waals surface area contributed by atoms with E-state index in [4.69, 9.17) is 37.4 Å². The van der Waals surface area contributed by atoms with E-state index in [1.165, 1.54) is 22.7 Å². The highest BCUT2D eigenvalue weighted by Crippen LogP contribution is 2.32. The van der Waals surface area contributed by atoms with Crippen molar-refractivity contribution in [1.82, 2.24) is 24.5 Å². The number of hydrogen-bond donors (Lipinski definition) is 1. The van der Waals surface area contributed by atoms with Crippen LogP contribution in [0.5, 0.6) is 17.4 Å². The van der Waals surface area contributed by atoms with E-state index < -0.39 is 10.0 Å². The Morgan fingerprint density at radius 2 is 1.79 bits per heavy atom. The molecular weight excluding hydrogens is 505 g/mol. The van der Waals surface area contributed by atoms with E-state index in [2.05, 4.69) is 20.0 Å². The number of methoxy groups -OCH3 is 2. The topological polar surface area (TPSA) is 117 Å². The van der Waals surface area contributed by atoms with Crippen LogP contribution in [0.2, 0.25) is 10.0 Å². The average molecular weight is 524 g/mol. The third kappa shape index (κ3) is 4.87. The van der Waals surface area contributed by atoms with Gasteiger partial charge in [0, 0.05) is 18.2 Å². The first-order valence-electron chi connectivity index (χ1n) is 9.85. The van der Waals surface area contributed by atoms with Crippen molar-refractivity contribution in [2.45, 2.75) is 4.90 Å². The Hall–Kier alpha value is -3.12. The van der Waals surface area contributed by atoms with Crippen molar-refractivity contribution in [3.63, 3.8) is 0 Å². The third-order valence-electron chi connectivity index (χ3n) is 4.73. The van der Waals surface area contributed by atoms with Gasteiger partial charge in [0.2, 0.25) is 15.9 Å². The van der Waals surface area contributed by atoms with Gasteiger partial charge in [-0.15, -0.1) is 15.3 Å². The van der Waals surface area contributed by atoms with Crippen molar-refractivity contribution in [3.05, 3.63) is 58.6 Å². The maximum absolute atomic E-state index is 12.5. The summed E-state index contributed by atoms with van der Waals surface area (Å²) in [4.78, 5) is -0.106. The van der Waals surface area contributed by atoms with Crippen molar-refractivity contribution in [3.8, 4) is 28.8 Å². The maximum atomic E-state index is 12.5. The number of ether oxygens (including phenoxy) is 3. The number of nitrogens with zero attached hydrogens (tertiary/aromatic N) is 4. The summed E-state index contributed by atoms with van der Waals surface area (Å²) in [7, 11) is -0.764. The molecule has 0 amide bonds. The number of aromatic nitrogens is 4. The van der Waals surface area contributed by atoms with Crippen LogP contribution < -0.4 is 18.9 Å². The number of rotatable bonds is 9. The molecule has 4 aromatic rings. The molecule has 0 saturated heterocycles. The summed E-state index contributed by atoms with van der Waals surface area (Å²) < 4.78 is 45.2. The zero-order valence-electron chi connectivity index (χ0n) is 18.0. The number of fused-ring (bicyclic) bond motifs is 1. The van der Waals surface area contributed by atoms with Crippen LogP contribution in [0.1, 0.15) is 0 Å². The fraction of sp³-hybridized carbons (Fsp3) is 0.190. The lowest BCUT2D eigenvalue weighted by atomic mass is 10.2. The van der Waals surface area contributed by atoms with Crippen molar-refractivity contribution < 1.29 is 22.6 Å². The largest absolute Gasteiger partial charge is 0.493 e. The first-order chi connectivity index (χ1) is 16.3. The third-order valence-corrected chi connectivity index (χ3v) is 7.16. The van der Waals surface area contributed by atoms with Crippen LogP contribution >= 0.6 is 23.2 Å². The molecule has 2 heterocycles. The van der Waals surface area contributed by atoms with Gasteiger partial charge < -0.3 is 14.2 Å². The monoisotopic (exact) mass is 523 g/mol. The molecule has 2 aromatic heterocycles. The molecule has 0 aliphatic carbocycles. The van der Waals surface area contributed by atoms with Crippen LogP contribution in [0.3, 0.4) is 0 Å². The quantitative estimate of drug-likeness (QED) is 0.331. The smallest absolute Gasteiger partial charge is 0.242 e. The van der Waals surface area contributed by atoms with E-state index in [0.717, 1.165) is 0 Å². The molecule has 0 fully saturated rings. The standard InChI is InChI=1S/C21H19Cl2N5O5S/c1-31-15-7-6-13(12-16(15)32-2)21-26-25-18-8-9-19(27-28(18)21)33-11-10-24-34(29,30)17-5-3-4-14(22)20(17)23/h3-9,12,24H,10-11H2,1-2H3. The summed E-state index contributed by atoms with van der Waals surface area (Å²) in [6, 6.07) is 13.0. The molecule has 34 heavy (non-hydrogen) atoms. The van der Waals surface area contributed by atoms with Crippen LogP contribution in [0.15, 0.2) is 53.4 Å². The lowest BCUT2D eigenvalue weighted by molar-refractivity contribution is 0.306. The molecule has 0 aliphatic rings. The lowest BCUT2D eigenvalue weighted by Gasteiger charge is -2.10. The first kappa shape index (κ1) is 24.0. The molecule has 1 N–H and O–H groups in total. The van der Waals surface area contributed by atoms with Gasteiger partial charge >= 0.3 is 0 Å². The number of sulfonamides is 1. The molecule has 4 rings (SSSR count). The molecule has 13 heteroatoms. The van der Waals surface area contributed by atoms with E-state index >= 15 is 0 Å². The summed E-state index contributed by atoms with van der Waals surface area (Å²) in [6.07, 6.45) is 0. The van der Waals surface area contributed by atoms with Crippen molar-refractivity contribution in [2.75, 3.05) is 27.4 Å². The minimum absolute atomic E-state index is 0.0176. The molecule has 0 saturated carbocycles. The predicted octanol–water partition coefficient (Wildman–Crippen LogP) is 3.47. The lowest BCUT2D eigenvalue weighted by Crippen LogP contribution is -2.28. The van der Waals surface area contributed by atoms with E-state index in [-0.39, 0.29) is 34.0 Å². The molecule has 10 nitrogen and oxygen atoms in total. The average Bonchev–Trinajstić information content (AvgIpc) is 3.26. The van der Waals surface area contributed by atoms with E-state index in [1.54, 1.807) is 38.5 Å². The Morgan fingerprint density at radius 3 is 2.56 bits per heavy atom. The van der Waals surface area contributed by atoms with E-state index in [1.807, 2.05) is 6.07 Å². The van der Waals surface area contributed by atoms with Gasteiger partial charge in [0.05, 0.1) is 24.3 Å². The van der Waals surface area contributed by atoms with Crippen molar-refractivity contribution in [1.29, 1.82) is 0 Å². The Bertz CT molecular complexity index is 1450. The van der Waals surface area contributed by atoms with Gasteiger partial charge in [-0.25, -0.2) is 13.1 Å². The molecule has 0 spiro atoms. The minimum Gasteiger partial charge on any atom is -0.493 e. The number of nitrogens with one attached hydrogen (secondary N) is 1. The fourth-order valence-corrected chi connectivity index (χ4v) is 4.88. The number of benzene rings is 2. The van der Waals surface area contributed by atoms with E-state index in [0.29, 0.717) is 28.5 Å². The van der Waals surface area contributed by atoms with Gasteiger partial charge in [0.15, 0.2) is 23.0 Å². The van der Waals surface area contributed by atoms with Crippen LogP contribution in [0, 0.1) is 0 Å². The second kappa shape index (κ2) is 10.0. The highest BCUT2D eigenvalue weighted by Gasteiger charge is 2.19. The van der Waals surface area contributed by atoms with Gasteiger partial charge in [-0.2, -0.15) is 4.52 Å². The SMILES string of the molecule is COc1ccc(-c2nnc3ccc(OCCNS(=O)(=O)c4cccc(Cl)c4Cl)nn23)cc1OC. The molecule has 0 atom stereocenters. The Morgan fingerprint density at radius 1 is 1.00 bits per heavy atom. The zero-order chi connectivity index (χ0) is 24.3. The molecular formula is C21H19Cl2N5O5S. The first-order valence-corrected chi connectivity index (χ1v) is 12.1. The summed E-state index contributed by atoms with van der Waals surface area (Å²) in [5, 5.41) is 12.8. The zero-order valence-corrected chi connectivity index (χ0v) is 20.4. The number of hydrogen-bond acceptors (Lipinski definition) is 8. The van der Waals surface area contributed by atoms with Gasteiger partial charge in [0.25, 0.3) is 0 Å². The highest BCUT2D eigenvalue weighted by atomic mass is 35.5. The summed E-state index contributed by atoms with van der Waals surface area (Å²) in [5.74, 6) is 1.85. The van der Waals surface area contributed by atoms with Gasteiger partial charge in [0.1, 0.15) is 11.5 Å². The molecule has 2 aromatic carbocycles. The Kier molecular flexibility index (Phi) is 7.08. The van der Waals surface area contributed by atoms with Crippen LogP contribution in [-0.2, 0) is 10.0 Å². The van der Waals surface area contributed by atoms with Gasteiger partial charge in [-0.05, 0) is 36.4 Å². The molecule has 0 unspecified atom stereocenters. The normalized spacial score (nSPS) is 11.5. The van der Waals surface area contributed by atoms with Crippen LogP contribution in [0.25, 0.3) is 17.0 Å². The predicted molar refractivity (Wildman–Crippen MR) is 126 cm³/mol. The molecule has 0 aliphatic heterocycles. The highest BCUT2D eigenvalue weighted by molar-refractivity contribution is 7.89. The molecule has 0 bridgehead atoms. The minimum atomic E-state index is -3.86. The summed E-state index contributed by atoms with van der Waals surface area (Å²) in [5.41, 5.74) is 1.22. The maximum Gasteiger partial charge on any atom is 0.242 e. The molecule has 178 valence electrons. The van der Waals surface area contributed by atoms with E-state index in [9.17, 15) is 8.42 Å². The second-order valence-electron chi connectivity index (χ2n) is 6.83. The van der Waals surface area contributed by atoms with Crippen LogP contribution in [0.4, 0.5) is 0 Å². The van der Waals surface area contributed by atoms with Crippen molar-refractivity contribution >= 4 is 38.9 Å². The molecule has 0 radical (unpaired) electrons. The fourth-order valence-electron chi connectivity index (χ4n) is 3.11. The number of halogens is 2. The van der Waals surface area contributed by atoms with Crippen LogP contribution in [-0.4, -0.2) is 55.6 Å². The summed E-state index contributed by atoms with van der Waals surface area (Å²) in [6.45, 7) is -0.000649. The Balaban J connectivity index is 1.47.